The Morgan fingerprint density at radius 1 is 1.06 bits per heavy atom. The molecule has 0 aliphatic carbocycles. The lowest BCUT2D eigenvalue weighted by atomic mass is 9.94. The molecular formula is C25H31N5O2. The number of pyridine rings is 1. The molecule has 32 heavy (non-hydrogen) atoms. The molecule has 0 radical (unpaired) electrons. The lowest BCUT2D eigenvalue weighted by Crippen LogP contribution is -2.34. The maximum absolute atomic E-state index is 5.48. The highest BCUT2D eigenvalue weighted by atomic mass is 16.5. The normalized spacial score (nSPS) is 16.6. The monoisotopic (exact) mass is 433 g/mol. The average molecular weight is 434 g/mol. The van der Waals surface area contributed by atoms with Crippen molar-refractivity contribution in [1.82, 2.24) is 19.9 Å². The molecule has 7 heteroatoms. The van der Waals surface area contributed by atoms with Crippen LogP contribution in [0.5, 0.6) is 11.5 Å². The van der Waals surface area contributed by atoms with Crippen molar-refractivity contribution < 1.29 is 9.47 Å². The lowest BCUT2D eigenvalue weighted by Gasteiger charge is -2.33. The summed E-state index contributed by atoms with van der Waals surface area (Å²) in [6.45, 7) is 2.91. The van der Waals surface area contributed by atoms with Crippen LogP contribution in [0.25, 0.3) is 11.4 Å². The minimum Gasteiger partial charge on any atom is -0.493 e. The molecule has 0 unspecified atom stereocenters. The smallest absolute Gasteiger partial charge is 0.163 e. The third kappa shape index (κ3) is 4.99. The maximum Gasteiger partial charge on any atom is 0.163 e. The number of hydrogen-bond acceptors (Lipinski definition) is 7. The molecule has 1 fully saturated rings. The summed E-state index contributed by atoms with van der Waals surface area (Å²) in [6, 6.07) is 12.2. The fourth-order valence-corrected chi connectivity index (χ4v) is 4.19. The van der Waals surface area contributed by atoms with Crippen molar-refractivity contribution in [3.63, 3.8) is 0 Å². The first kappa shape index (κ1) is 22.0. The van der Waals surface area contributed by atoms with Crippen LogP contribution in [0, 0.1) is 0 Å². The Bertz CT molecular complexity index is 1040. The highest BCUT2D eigenvalue weighted by molar-refractivity contribution is 5.57. The topological polar surface area (TPSA) is 63.6 Å². The average Bonchev–Trinajstić information content (AvgIpc) is 2.84. The highest BCUT2D eigenvalue weighted by Gasteiger charge is 2.24. The summed E-state index contributed by atoms with van der Waals surface area (Å²) < 4.78 is 10.9. The van der Waals surface area contributed by atoms with Crippen LogP contribution >= 0.6 is 0 Å². The number of anilines is 1. The Labute approximate surface area is 190 Å². The first-order chi connectivity index (χ1) is 15.6. The van der Waals surface area contributed by atoms with Gasteiger partial charge in [0.1, 0.15) is 5.82 Å². The van der Waals surface area contributed by atoms with E-state index >= 15 is 0 Å². The number of nitrogens with zero attached hydrogens (tertiary/aromatic N) is 5. The zero-order valence-electron chi connectivity index (χ0n) is 19.3. The summed E-state index contributed by atoms with van der Waals surface area (Å²) in [6.07, 6.45) is 5.86. The maximum atomic E-state index is 5.48. The van der Waals surface area contributed by atoms with Gasteiger partial charge in [-0.05, 0) is 49.2 Å². The SMILES string of the molecule is COc1ccc(CN2CCC[C@H](c3cc(N(C)C)nc(-c4cccnc4)n3)C2)cc1OC. The summed E-state index contributed by atoms with van der Waals surface area (Å²) in [5, 5.41) is 0. The van der Waals surface area contributed by atoms with Gasteiger partial charge >= 0.3 is 0 Å². The minimum absolute atomic E-state index is 0.362. The predicted octanol–water partition coefficient (Wildman–Crippen LogP) is 4.00. The number of hydrogen-bond donors (Lipinski definition) is 0. The zero-order valence-corrected chi connectivity index (χ0v) is 19.3. The summed E-state index contributed by atoms with van der Waals surface area (Å²) >= 11 is 0. The second kappa shape index (κ2) is 9.96. The van der Waals surface area contributed by atoms with Crippen molar-refractivity contribution in [3.05, 3.63) is 60.0 Å². The van der Waals surface area contributed by atoms with E-state index in [1.165, 1.54) is 5.56 Å². The molecular weight excluding hydrogens is 402 g/mol. The number of piperidine rings is 1. The van der Waals surface area contributed by atoms with Crippen LogP contribution in [0.2, 0.25) is 0 Å². The van der Waals surface area contributed by atoms with Gasteiger partial charge in [0.25, 0.3) is 0 Å². The number of benzene rings is 1. The van der Waals surface area contributed by atoms with Crippen LogP contribution in [-0.4, -0.2) is 61.3 Å². The van der Waals surface area contributed by atoms with E-state index in [4.69, 9.17) is 19.4 Å². The quantitative estimate of drug-likeness (QED) is 0.558. The molecule has 0 N–H and O–H groups in total. The van der Waals surface area contributed by atoms with Crippen LogP contribution in [0.1, 0.15) is 30.0 Å². The number of methoxy groups -OCH3 is 2. The second-order valence-electron chi connectivity index (χ2n) is 8.37. The Kier molecular flexibility index (Phi) is 6.85. The molecule has 3 aromatic rings. The molecule has 4 rings (SSSR count). The Balaban J connectivity index is 1.56. The van der Waals surface area contributed by atoms with Crippen molar-refractivity contribution in [3.8, 4) is 22.9 Å². The number of rotatable bonds is 7. The van der Waals surface area contributed by atoms with Gasteiger partial charge in [-0.2, -0.15) is 0 Å². The molecule has 1 aliphatic rings. The van der Waals surface area contributed by atoms with E-state index in [2.05, 4.69) is 28.1 Å². The molecule has 168 valence electrons. The van der Waals surface area contributed by atoms with Crippen LogP contribution in [0.15, 0.2) is 48.8 Å². The molecule has 0 spiro atoms. The standard InChI is InChI=1S/C25H31N5O2/c1-29(2)24-14-21(27-25(28-24)19-7-5-11-26-15-19)20-8-6-12-30(17-20)16-18-9-10-22(31-3)23(13-18)32-4/h5,7,9-11,13-15,20H,6,8,12,16-17H2,1-4H3/t20-/m0/s1. The summed E-state index contributed by atoms with van der Waals surface area (Å²) in [5.74, 6) is 3.54. The summed E-state index contributed by atoms with van der Waals surface area (Å²) in [7, 11) is 7.37. The first-order valence-corrected chi connectivity index (χ1v) is 11.0. The molecule has 2 aromatic heterocycles. The molecule has 7 nitrogen and oxygen atoms in total. The largest absolute Gasteiger partial charge is 0.493 e. The summed E-state index contributed by atoms with van der Waals surface area (Å²) in [5.41, 5.74) is 3.26. The molecule has 1 atom stereocenters. The summed E-state index contributed by atoms with van der Waals surface area (Å²) in [4.78, 5) is 18.5. The molecule has 1 aliphatic heterocycles. The van der Waals surface area contributed by atoms with Gasteiger partial charge in [0.15, 0.2) is 17.3 Å². The zero-order chi connectivity index (χ0) is 22.5. The van der Waals surface area contributed by atoms with Crippen LogP contribution < -0.4 is 14.4 Å². The van der Waals surface area contributed by atoms with Gasteiger partial charge in [-0.1, -0.05) is 6.07 Å². The third-order valence-electron chi connectivity index (χ3n) is 5.89. The van der Waals surface area contributed by atoms with Gasteiger partial charge in [0.2, 0.25) is 0 Å². The van der Waals surface area contributed by atoms with Crippen molar-refractivity contribution >= 4 is 5.82 Å². The van der Waals surface area contributed by atoms with Gasteiger partial charge in [0, 0.05) is 57.1 Å². The highest BCUT2D eigenvalue weighted by Crippen LogP contribution is 2.32. The van der Waals surface area contributed by atoms with Crippen molar-refractivity contribution in [2.45, 2.75) is 25.3 Å². The molecule has 1 aromatic carbocycles. The Morgan fingerprint density at radius 2 is 1.91 bits per heavy atom. The van der Waals surface area contributed by atoms with Crippen molar-refractivity contribution in [1.29, 1.82) is 0 Å². The van der Waals surface area contributed by atoms with Crippen molar-refractivity contribution in [2.75, 3.05) is 46.3 Å². The Morgan fingerprint density at radius 3 is 2.62 bits per heavy atom. The van der Waals surface area contributed by atoms with Crippen LogP contribution in [0.3, 0.4) is 0 Å². The third-order valence-corrected chi connectivity index (χ3v) is 5.89. The second-order valence-corrected chi connectivity index (χ2v) is 8.37. The van der Waals surface area contributed by atoms with Gasteiger partial charge in [0.05, 0.1) is 19.9 Å². The Hall–Kier alpha value is -3.19. The fraction of sp³-hybridized carbons (Fsp3) is 0.400. The molecule has 0 saturated carbocycles. The van der Waals surface area contributed by atoms with E-state index < -0.39 is 0 Å². The molecule has 1 saturated heterocycles. The van der Waals surface area contributed by atoms with E-state index in [0.717, 1.165) is 66.9 Å². The van der Waals surface area contributed by atoms with Crippen molar-refractivity contribution in [2.24, 2.45) is 0 Å². The van der Waals surface area contributed by atoms with Gasteiger partial charge in [-0.3, -0.25) is 9.88 Å². The van der Waals surface area contributed by atoms with E-state index in [-0.39, 0.29) is 0 Å². The van der Waals surface area contributed by atoms with Crippen LogP contribution in [0.4, 0.5) is 5.82 Å². The van der Waals surface area contributed by atoms with E-state index in [1.54, 1.807) is 20.4 Å². The van der Waals surface area contributed by atoms with E-state index in [0.29, 0.717) is 5.92 Å². The van der Waals surface area contributed by atoms with Crippen LogP contribution in [-0.2, 0) is 6.54 Å². The molecule has 0 bridgehead atoms. The number of aromatic nitrogens is 3. The predicted molar refractivity (Wildman–Crippen MR) is 126 cm³/mol. The number of ether oxygens (including phenoxy) is 2. The minimum atomic E-state index is 0.362. The van der Waals surface area contributed by atoms with E-state index in [9.17, 15) is 0 Å². The lowest BCUT2D eigenvalue weighted by molar-refractivity contribution is 0.198. The van der Waals surface area contributed by atoms with Gasteiger partial charge < -0.3 is 14.4 Å². The fourth-order valence-electron chi connectivity index (χ4n) is 4.19. The molecule has 0 amide bonds. The first-order valence-electron chi connectivity index (χ1n) is 11.0. The number of likely N-dealkylation sites (tertiary alicyclic amines) is 1. The molecule has 3 heterocycles. The van der Waals surface area contributed by atoms with Gasteiger partial charge in [-0.25, -0.2) is 9.97 Å². The van der Waals surface area contributed by atoms with Gasteiger partial charge in [-0.15, -0.1) is 0 Å². The van der Waals surface area contributed by atoms with E-state index in [1.807, 2.05) is 43.4 Å².